The molecule has 148 valence electrons. The Morgan fingerprint density at radius 2 is 2.07 bits per heavy atom. The van der Waals surface area contributed by atoms with Gasteiger partial charge in [-0.15, -0.1) is 0 Å². The number of ether oxygens (including phenoxy) is 2. The van der Waals surface area contributed by atoms with Crippen LogP contribution < -0.4 is 15.0 Å². The first-order valence-corrected chi connectivity index (χ1v) is 9.77. The van der Waals surface area contributed by atoms with Crippen LogP contribution in [0.4, 0.5) is 0 Å². The summed E-state index contributed by atoms with van der Waals surface area (Å²) in [5, 5.41) is 0. The second-order valence-electron chi connectivity index (χ2n) is 7.26. The van der Waals surface area contributed by atoms with E-state index >= 15 is 0 Å². The molecule has 7 heteroatoms. The topological polar surface area (TPSA) is 79.8 Å². The van der Waals surface area contributed by atoms with Gasteiger partial charge in [-0.3, -0.25) is 14.7 Å². The van der Waals surface area contributed by atoms with E-state index in [0.29, 0.717) is 18.9 Å². The van der Waals surface area contributed by atoms with Crippen LogP contribution in [0.1, 0.15) is 41.9 Å². The molecule has 0 saturated carbocycles. The Morgan fingerprint density at radius 3 is 2.82 bits per heavy atom. The first-order chi connectivity index (χ1) is 13.7. The number of aromatic nitrogens is 2. The Hall–Kier alpha value is -2.67. The highest BCUT2D eigenvalue weighted by molar-refractivity contribution is 5.97. The van der Waals surface area contributed by atoms with Crippen LogP contribution in [0.5, 0.6) is 11.5 Å². The molecular weight excluding hydrogens is 356 g/mol. The summed E-state index contributed by atoms with van der Waals surface area (Å²) in [6.07, 6.45) is 3.88. The van der Waals surface area contributed by atoms with Crippen LogP contribution >= 0.6 is 0 Å². The SMILES string of the molecule is COc1ccc(CN2CCc3nc(C4=NCCCC4)[nH]c(=O)c3C2)c(OC)c1. The number of fused-ring (bicyclic) bond motifs is 1. The number of nitrogens with one attached hydrogen (secondary N) is 1. The highest BCUT2D eigenvalue weighted by Gasteiger charge is 2.23. The van der Waals surface area contributed by atoms with Gasteiger partial charge in [-0.1, -0.05) is 6.07 Å². The summed E-state index contributed by atoms with van der Waals surface area (Å²) in [5.41, 5.74) is 3.64. The van der Waals surface area contributed by atoms with E-state index in [1.54, 1.807) is 14.2 Å². The van der Waals surface area contributed by atoms with Gasteiger partial charge in [0.15, 0.2) is 5.82 Å². The maximum atomic E-state index is 12.7. The van der Waals surface area contributed by atoms with Crippen LogP contribution in [0, 0.1) is 0 Å². The normalized spacial score (nSPS) is 17.0. The Balaban J connectivity index is 1.54. The summed E-state index contributed by atoms with van der Waals surface area (Å²) in [4.78, 5) is 27.2. The van der Waals surface area contributed by atoms with E-state index in [1.807, 2.05) is 18.2 Å². The molecule has 0 aliphatic carbocycles. The Kier molecular flexibility index (Phi) is 5.43. The molecule has 0 saturated heterocycles. The summed E-state index contributed by atoms with van der Waals surface area (Å²) in [6.45, 7) is 2.97. The maximum Gasteiger partial charge on any atom is 0.255 e. The first-order valence-electron chi connectivity index (χ1n) is 9.77. The van der Waals surface area contributed by atoms with Gasteiger partial charge in [0, 0.05) is 44.2 Å². The highest BCUT2D eigenvalue weighted by atomic mass is 16.5. The molecule has 0 spiro atoms. The smallest absolute Gasteiger partial charge is 0.255 e. The molecule has 2 aliphatic heterocycles. The lowest BCUT2D eigenvalue weighted by atomic mass is 10.0. The van der Waals surface area contributed by atoms with Crippen LogP contribution in [0.15, 0.2) is 28.0 Å². The van der Waals surface area contributed by atoms with Crippen molar-refractivity contribution in [1.29, 1.82) is 0 Å². The van der Waals surface area contributed by atoms with Crippen LogP contribution in [0.2, 0.25) is 0 Å². The van der Waals surface area contributed by atoms with Crippen molar-refractivity contribution in [2.24, 2.45) is 4.99 Å². The van der Waals surface area contributed by atoms with Crippen LogP contribution in [-0.2, 0) is 19.5 Å². The largest absolute Gasteiger partial charge is 0.497 e. The summed E-state index contributed by atoms with van der Waals surface area (Å²) in [5.74, 6) is 2.22. The first kappa shape index (κ1) is 18.7. The zero-order chi connectivity index (χ0) is 19.5. The molecule has 7 nitrogen and oxygen atoms in total. The van der Waals surface area contributed by atoms with Crippen molar-refractivity contribution in [3.8, 4) is 11.5 Å². The van der Waals surface area contributed by atoms with Crippen molar-refractivity contribution in [2.45, 2.75) is 38.8 Å². The van der Waals surface area contributed by atoms with Crippen molar-refractivity contribution in [1.82, 2.24) is 14.9 Å². The van der Waals surface area contributed by atoms with Gasteiger partial charge in [0.05, 0.1) is 31.2 Å². The second-order valence-corrected chi connectivity index (χ2v) is 7.26. The predicted octanol–water partition coefficient (Wildman–Crippen LogP) is 2.32. The zero-order valence-corrected chi connectivity index (χ0v) is 16.5. The van der Waals surface area contributed by atoms with E-state index in [2.05, 4.69) is 14.9 Å². The van der Waals surface area contributed by atoms with Crippen LogP contribution in [0.3, 0.4) is 0 Å². The molecular formula is C21H26N4O3. The second kappa shape index (κ2) is 8.14. The molecule has 0 amide bonds. The fraction of sp³-hybridized carbons (Fsp3) is 0.476. The third-order valence-electron chi connectivity index (χ3n) is 5.43. The molecule has 0 unspecified atom stereocenters. The zero-order valence-electron chi connectivity index (χ0n) is 16.5. The molecule has 28 heavy (non-hydrogen) atoms. The van der Waals surface area contributed by atoms with Gasteiger partial charge in [0.25, 0.3) is 5.56 Å². The third-order valence-corrected chi connectivity index (χ3v) is 5.43. The van der Waals surface area contributed by atoms with Crippen molar-refractivity contribution >= 4 is 5.71 Å². The molecule has 2 aliphatic rings. The fourth-order valence-corrected chi connectivity index (χ4v) is 3.87. The Labute approximate surface area is 164 Å². The van der Waals surface area contributed by atoms with Gasteiger partial charge in [-0.25, -0.2) is 4.98 Å². The molecule has 0 fully saturated rings. The van der Waals surface area contributed by atoms with Crippen molar-refractivity contribution in [2.75, 3.05) is 27.3 Å². The predicted molar refractivity (Wildman–Crippen MR) is 107 cm³/mol. The van der Waals surface area contributed by atoms with Crippen LogP contribution in [0.25, 0.3) is 0 Å². The van der Waals surface area contributed by atoms with Crippen molar-refractivity contribution in [3.63, 3.8) is 0 Å². The fourth-order valence-electron chi connectivity index (χ4n) is 3.87. The molecule has 2 aromatic rings. The third kappa shape index (κ3) is 3.80. The van der Waals surface area contributed by atoms with Crippen molar-refractivity contribution in [3.05, 3.63) is 51.2 Å². The lowest BCUT2D eigenvalue weighted by molar-refractivity contribution is 0.238. The summed E-state index contributed by atoms with van der Waals surface area (Å²) >= 11 is 0. The number of H-pyrrole nitrogens is 1. The number of rotatable bonds is 5. The lowest BCUT2D eigenvalue weighted by Gasteiger charge is -2.28. The minimum Gasteiger partial charge on any atom is -0.497 e. The van der Waals surface area contributed by atoms with E-state index in [0.717, 1.165) is 72.8 Å². The average Bonchev–Trinajstić information content (AvgIpc) is 2.75. The van der Waals surface area contributed by atoms with Gasteiger partial charge >= 0.3 is 0 Å². The minimum absolute atomic E-state index is 0.0420. The van der Waals surface area contributed by atoms with E-state index in [9.17, 15) is 4.79 Å². The Bertz CT molecular complexity index is 951. The summed E-state index contributed by atoms with van der Waals surface area (Å²) in [6, 6.07) is 5.83. The average molecular weight is 382 g/mol. The monoisotopic (exact) mass is 382 g/mol. The summed E-state index contributed by atoms with van der Waals surface area (Å²) in [7, 11) is 3.30. The maximum absolute atomic E-state index is 12.7. The number of nitrogens with zero attached hydrogens (tertiary/aromatic N) is 3. The van der Waals surface area contributed by atoms with E-state index in [4.69, 9.17) is 14.5 Å². The lowest BCUT2D eigenvalue weighted by Crippen LogP contribution is -2.36. The van der Waals surface area contributed by atoms with Crippen LogP contribution in [-0.4, -0.2) is 47.9 Å². The van der Waals surface area contributed by atoms with Gasteiger partial charge in [0.2, 0.25) is 0 Å². The standard InChI is InChI=1S/C21H26N4O3/c1-27-15-7-6-14(19(11-15)28-2)12-25-10-8-17-16(13-25)21(26)24-20(23-17)18-5-3-4-9-22-18/h6-7,11H,3-5,8-10,12-13H2,1-2H3,(H,23,24,26). The number of methoxy groups -OCH3 is 2. The van der Waals surface area contributed by atoms with Gasteiger partial charge < -0.3 is 14.5 Å². The molecule has 3 heterocycles. The van der Waals surface area contributed by atoms with E-state index < -0.39 is 0 Å². The molecule has 1 N–H and O–H groups in total. The minimum atomic E-state index is -0.0420. The molecule has 1 aromatic carbocycles. The van der Waals surface area contributed by atoms with Gasteiger partial charge in [0.1, 0.15) is 11.5 Å². The molecule has 1 aromatic heterocycles. The summed E-state index contributed by atoms with van der Waals surface area (Å²) < 4.78 is 10.8. The van der Waals surface area contributed by atoms with Gasteiger partial charge in [-0.05, 0) is 25.3 Å². The molecule has 0 bridgehead atoms. The van der Waals surface area contributed by atoms with E-state index in [-0.39, 0.29) is 5.56 Å². The van der Waals surface area contributed by atoms with Gasteiger partial charge in [-0.2, -0.15) is 0 Å². The molecule has 4 rings (SSSR count). The number of hydrogen-bond donors (Lipinski definition) is 1. The molecule has 0 radical (unpaired) electrons. The quantitative estimate of drug-likeness (QED) is 0.858. The molecule has 0 atom stereocenters. The number of aliphatic imine (C=N–C) groups is 1. The number of aromatic amines is 1. The van der Waals surface area contributed by atoms with E-state index in [1.165, 1.54) is 0 Å². The van der Waals surface area contributed by atoms with Crippen molar-refractivity contribution < 1.29 is 9.47 Å². The number of benzene rings is 1. The Morgan fingerprint density at radius 1 is 1.18 bits per heavy atom. The number of hydrogen-bond acceptors (Lipinski definition) is 6. The highest BCUT2D eigenvalue weighted by Crippen LogP contribution is 2.27.